The predicted molar refractivity (Wildman–Crippen MR) is 55.0 cm³/mol. The van der Waals surface area contributed by atoms with Crippen LogP contribution < -0.4 is 10.5 Å². The van der Waals surface area contributed by atoms with E-state index in [2.05, 4.69) is 11.8 Å². The maximum atomic E-state index is 8.61. The summed E-state index contributed by atoms with van der Waals surface area (Å²) in [6.45, 7) is 0.605. The van der Waals surface area contributed by atoms with Crippen molar-refractivity contribution in [3.05, 3.63) is 29.8 Å². The molecule has 1 aromatic rings. The first-order valence-electron chi connectivity index (χ1n) is 4.40. The second kappa shape index (κ2) is 6.03. The number of para-hydroxylation sites is 1. The molecule has 0 heterocycles. The number of nitrogens with two attached hydrogens (primary N) is 1. The minimum atomic E-state index is -0.00134. The van der Waals surface area contributed by atoms with Gasteiger partial charge >= 0.3 is 0 Å². The lowest BCUT2D eigenvalue weighted by Crippen LogP contribution is -2.02. The molecule has 3 heteroatoms. The summed E-state index contributed by atoms with van der Waals surface area (Å²) < 4.78 is 5.29. The van der Waals surface area contributed by atoms with Gasteiger partial charge in [0.1, 0.15) is 12.4 Å². The second-order valence-electron chi connectivity index (χ2n) is 2.57. The summed E-state index contributed by atoms with van der Waals surface area (Å²) in [5.74, 6) is 6.34. The maximum Gasteiger partial charge on any atom is 0.135 e. The van der Waals surface area contributed by atoms with E-state index in [1.807, 2.05) is 24.3 Å². The molecular weight excluding hydrogens is 178 g/mol. The van der Waals surface area contributed by atoms with Crippen LogP contribution in [0.4, 0.5) is 0 Å². The van der Waals surface area contributed by atoms with E-state index in [1.165, 1.54) is 0 Å². The number of aliphatic hydroxyl groups excluding tert-OH is 1. The molecular formula is C11H13NO2. The molecule has 0 spiro atoms. The Morgan fingerprint density at radius 2 is 2.14 bits per heavy atom. The first kappa shape index (κ1) is 10.6. The monoisotopic (exact) mass is 191 g/mol. The van der Waals surface area contributed by atoms with Crippen LogP contribution in [0.5, 0.6) is 5.75 Å². The summed E-state index contributed by atoms with van der Waals surface area (Å²) in [5.41, 5.74) is 6.07. The van der Waals surface area contributed by atoms with Crippen molar-refractivity contribution < 1.29 is 9.84 Å². The fraction of sp³-hybridized carbons (Fsp3) is 0.273. The Labute approximate surface area is 83.5 Å². The lowest BCUT2D eigenvalue weighted by atomic mass is 10.2. The Balaban J connectivity index is 2.80. The fourth-order valence-corrected chi connectivity index (χ4v) is 0.998. The van der Waals surface area contributed by atoms with E-state index in [0.29, 0.717) is 12.3 Å². The Hall–Kier alpha value is -1.50. The van der Waals surface area contributed by atoms with Gasteiger partial charge in [-0.25, -0.2) is 0 Å². The molecule has 0 unspecified atom stereocenters. The molecule has 74 valence electrons. The third-order valence-electron chi connectivity index (χ3n) is 1.56. The van der Waals surface area contributed by atoms with Crippen molar-refractivity contribution in [2.24, 2.45) is 5.73 Å². The Kier molecular flexibility index (Phi) is 4.56. The fourth-order valence-electron chi connectivity index (χ4n) is 0.998. The molecule has 0 saturated carbocycles. The van der Waals surface area contributed by atoms with Gasteiger partial charge in [0.15, 0.2) is 0 Å². The SMILES string of the molecule is NCC#Cc1ccccc1OCCO. The summed E-state index contributed by atoms with van der Waals surface area (Å²) >= 11 is 0. The van der Waals surface area contributed by atoms with Crippen LogP contribution in [0.15, 0.2) is 24.3 Å². The molecule has 0 saturated heterocycles. The number of rotatable bonds is 3. The minimum absolute atomic E-state index is 0.00134. The molecule has 0 amide bonds. The number of hydrogen-bond donors (Lipinski definition) is 2. The average molecular weight is 191 g/mol. The van der Waals surface area contributed by atoms with Crippen LogP contribution in [0.2, 0.25) is 0 Å². The van der Waals surface area contributed by atoms with Crippen LogP contribution in [0.1, 0.15) is 5.56 Å². The molecule has 0 aliphatic heterocycles. The third kappa shape index (κ3) is 3.09. The van der Waals surface area contributed by atoms with Gasteiger partial charge in [0.2, 0.25) is 0 Å². The van der Waals surface area contributed by atoms with Crippen molar-refractivity contribution in [2.45, 2.75) is 0 Å². The summed E-state index contributed by atoms with van der Waals surface area (Å²) in [5, 5.41) is 8.61. The number of ether oxygens (including phenoxy) is 1. The van der Waals surface area contributed by atoms with E-state index < -0.39 is 0 Å². The molecule has 3 nitrogen and oxygen atoms in total. The van der Waals surface area contributed by atoms with Gasteiger partial charge in [-0.1, -0.05) is 24.0 Å². The lowest BCUT2D eigenvalue weighted by molar-refractivity contribution is 0.201. The van der Waals surface area contributed by atoms with Crippen LogP contribution >= 0.6 is 0 Å². The molecule has 1 rings (SSSR count). The molecule has 0 fully saturated rings. The van der Waals surface area contributed by atoms with Crippen LogP contribution in [-0.2, 0) is 0 Å². The molecule has 0 aromatic heterocycles. The Morgan fingerprint density at radius 3 is 2.86 bits per heavy atom. The first-order valence-corrected chi connectivity index (χ1v) is 4.40. The van der Waals surface area contributed by atoms with Crippen molar-refractivity contribution >= 4 is 0 Å². The highest BCUT2D eigenvalue weighted by atomic mass is 16.5. The van der Waals surface area contributed by atoms with Crippen LogP contribution in [0, 0.1) is 11.8 Å². The molecule has 3 N–H and O–H groups in total. The summed E-state index contributed by atoms with van der Waals surface area (Å²) in [6, 6.07) is 7.41. The zero-order valence-corrected chi connectivity index (χ0v) is 7.86. The largest absolute Gasteiger partial charge is 0.490 e. The summed E-state index contributed by atoms with van der Waals surface area (Å²) in [7, 11) is 0. The quantitative estimate of drug-likeness (QED) is 0.679. The van der Waals surface area contributed by atoms with Crippen molar-refractivity contribution in [1.82, 2.24) is 0 Å². The van der Waals surface area contributed by atoms with Gasteiger partial charge in [0, 0.05) is 0 Å². The van der Waals surface area contributed by atoms with Crippen molar-refractivity contribution in [2.75, 3.05) is 19.8 Å². The molecule has 0 aliphatic rings. The maximum absolute atomic E-state index is 8.61. The summed E-state index contributed by atoms with van der Waals surface area (Å²) in [6.07, 6.45) is 0. The highest BCUT2D eigenvalue weighted by molar-refractivity contribution is 5.45. The second-order valence-corrected chi connectivity index (χ2v) is 2.57. The van der Waals surface area contributed by atoms with Gasteiger partial charge in [-0.05, 0) is 12.1 Å². The van der Waals surface area contributed by atoms with E-state index in [0.717, 1.165) is 5.56 Å². The molecule has 0 aliphatic carbocycles. The molecule has 1 aromatic carbocycles. The van der Waals surface area contributed by atoms with E-state index in [-0.39, 0.29) is 13.2 Å². The Morgan fingerprint density at radius 1 is 1.36 bits per heavy atom. The number of benzene rings is 1. The molecule has 14 heavy (non-hydrogen) atoms. The zero-order chi connectivity index (χ0) is 10.2. The van der Waals surface area contributed by atoms with Crippen molar-refractivity contribution in [3.63, 3.8) is 0 Å². The van der Waals surface area contributed by atoms with Gasteiger partial charge in [-0.15, -0.1) is 0 Å². The highest BCUT2D eigenvalue weighted by Crippen LogP contribution is 2.16. The van der Waals surface area contributed by atoms with Gasteiger partial charge < -0.3 is 15.6 Å². The van der Waals surface area contributed by atoms with Crippen LogP contribution in [0.3, 0.4) is 0 Å². The van der Waals surface area contributed by atoms with Gasteiger partial charge in [0.25, 0.3) is 0 Å². The zero-order valence-electron chi connectivity index (χ0n) is 7.86. The standard InChI is InChI=1S/C11H13NO2/c12-7-3-5-10-4-1-2-6-11(10)14-9-8-13/h1-2,4,6,13H,7-9,12H2. The Bertz CT molecular complexity index is 339. The molecule has 0 atom stereocenters. The van der Waals surface area contributed by atoms with Crippen LogP contribution in [0.25, 0.3) is 0 Å². The lowest BCUT2D eigenvalue weighted by Gasteiger charge is -2.05. The minimum Gasteiger partial charge on any atom is -0.490 e. The molecule has 0 radical (unpaired) electrons. The smallest absolute Gasteiger partial charge is 0.135 e. The molecule has 0 bridgehead atoms. The van der Waals surface area contributed by atoms with Gasteiger partial charge in [0.05, 0.1) is 18.7 Å². The first-order chi connectivity index (χ1) is 6.88. The highest BCUT2D eigenvalue weighted by Gasteiger charge is 1.98. The van der Waals surface area contributed by atoms with E-state index in [1.54, 1.807) is 0 Å². The third-order valence-corrected chi connectivity index (χ3v) is 1.56. The average Bonchev–Trinajstić information content (AvgIpc) is 2.24. The number of aliphatic hydroxyl groups is 1. The summed E-state index contributed by atoms with van der Waals surface area (Å²) in [4.78, 5) is 0. The van der Waals surface area contributed by atoms with Gasteiger partial charge in [-0.3, -0.25) is 0 Å². The van der Waals surface area contributed by atoms with Crippen LogP contribution in [-0.4, -0.2) is 24.9 Å². The van der Waals surface area contributed by atoms with Crippen molar-refractivity contribution in [1.29, 1.82) is 0 Å². The van der Waals surface area contributed by atoms with Crippen molar-refractivity contribution in [3.8, 4) is 17.6 Å². The normalized spacial score (nSPS) is 9.00. The van der Waals surface area contributed by atoms with Gasteiger partial charge in [-0.2, -0.15) is 0 Å². The predicted octanol–water partition coefficient (Wildman–Crippen LogP) is 0.368. The number of hydrogen-bond acceptors (Lipinski definition) is 3. The van der Waals surface area contributed by atoms with E-state index in [9.17, 15) is 0 Å². The van der Waals surface area contributed by atoms with E-state index in [4.69, 9.17) is 15.6 Å². The van der Waals surface area contributed by atoms with E-state index >= 15 is 0 Å². The topological polar surface area (TPSA) is 55.5 Å².